The topological polar surface area (TPSA) is 110 Å². The first-order chi connectivity index (χ1) is 11.5. The maximum absolute atomic E-state index is 12.7. The lowest BCUT2D eigenvalue weighted by atomic mass is 9.74. The van der Waals surface area contributed by atoms with Crippen molar-refractivity contribution in [3.05, 3.63) is 5.82 Å². The summed E-state index contributed by atoms with van der Waals surface area (Å²) in [6.07, 6.45) is 1.02. The molecule has 0 spiro atoms. The van der Waals surface area contributed by atoms with Crippen molar-refractivity contribution < 1.29 is 24.5 Å². The largest absolute Gasteiger partial charge is 0.467 e. The second-order valence-electron chi connectivity index (χ2n) is 6.19. The number of piperidine rings is 1. The van der Waals surface area contributed by atoms with Crippen LogP contribution in [0, 0.1) is 5.41 Å². The van der Waals surface area contributed by atoms with Crippen LogP contribution < -0.4 is 4.74 Å². The number of aromatic nitrogens is 3. The van der Waals surface area contributed by atoms with Crippen LogP contribution in [0.5, 0.6) is 6.01 Å². The molecular weight excluding hydrogens is 316 g/mol. The summed E-state index contributed by atoms with van der Waals surface area (Å²) < 4.78 is 11.5. The number of hydrogen-bond acceptors (Lipinski definition) is 7. The van der Waals surface area contributed by atoms with Crippen LogP contribution in [0.2, 0.25) is 0 Å². The Hall–Kier alpha value is -1.71. The third-order valence-electron chi connectivity index (χ3n) is 4.61. The van der Waals surface area contributed by atoms with Crippen LogP contribution in [0.15, 0.2) is 0 Å². The van der Waals surface area contributed by atoms with Crippen LogP contribution >= 0.6 is 0 Å². The van der Waals surface area contributed by atoms with E-state index >= 15 is 0 Å². The molecule has 0 saturated carbocycles. The predicted octanol–water partition coefficient (Wildman–Crippen LogP) is -0.564. The van der Waals surface area contributed by atoms with Gasteiger partial charge in [-0.25, -0.2) is 4.68 Å². The van der Waals surface area contributed by atoms with Gasteiger partial charge in [0.2, 0.25) is 5.82 Å². The molecule has 1 amide bonds. The third kappa shape index (κ3) is 3.68. The number of likely N-dealkylation sites (tertiary alicyclic amines) is 1. The molecule has 136 valence electrons. The monoisotopic (exact) mass is 342 g/mol. The van der Waals surface area contributed by atoms with Crippen LogP contribution in [0.4, 0.5) is 0 Å². The summed E-state index contributed by atoms with van der Waals surface area (Å²) in [7, 11) is 4.71. The standard InChI is InChI=1S/C15H26N4O5/c1-18-14(24-3)16-12(17-18)13(22)19-7-5-11(21)15(9-19,10-20)6-4-8-23-2/h11,20-21H,4-10H2,1-3H3/t11-,15+/m1/s1. The van der Waals surface area contributed by atoms with Crippen molar-refractivity contribution in [1.29, 1.82) is 0 Å². The van der Waals surface area contributed by atoms with E-state index in [1.165, 1.54) is 11.8 Å². The molecule has 0 aliphatic carbocycles. The van der Waals surface area contributed by atoms with Gasteiger partial charge in [0, 0.05) is 39.3 Å². The Balaban J connectivity index is 2.14. The van der Waals surface area contributed by atoms with Crippen LogP contribution in [0.3, 0.4) is 0 Å². The average molecular weight is 342 g/mol. The highest BCUT2D eigenvalue weighted by Crippen LogP contribution is 2.35. The summed E-state index contributed by atoms with van der Waals surface area (Å²) in [4.78, 5) is 18.3. The molecule has 2 rings (SSSR count). The van der Waals surface area contributed by atoms with Crippen molar-refractivity contribution in [3.8, 4) is 6.01 Å². The minimum atomic E-state index is -0.745. The minimum Gasteiger partial charge on any atom is -0.467 e. The highest BCUT2D eigenvalue weighted by atomic mass is 16.5. The van der Waals surface area contributed by atoms with Crippen LogP contribution in [0.25, 0.3) is 0 Å². The molecule has 0 unspecified atom stereocenters. The van der Waals surface area contributed by atoms with Gasteiger partial charge in [0.05, 0.1) is 19.8 Å². The quantitative estimate of drug-likeness (QED) is 0.639. The smallest absolute Gasteiger partial charge is 0.314 e. The molecule has 0 aromatic carbocycles. The fraction of sp³-hybridized carbons (Fsp3) is 0.800. The zero-order valence-electron chi connectivity index (χ0n) is 14.4. The molecule has 0 bridgehead atoms. The minimum absolute atomic E-state index is 0.0504. The van der Waals surface area contributed by atoms with E-state index < -0.39 is 11.5 Å². The van der Waals surface area contributed by atoms with Gasteiger partial charge in [-0.15, -0.1) is 5.10 Å². The van der Waals surface area contributed by atoms with Crippen molar-refractivity contribution in [2.75, 3.05) is 40.5 Å². The highest BCUT2D eigenvalue weighted by molar-refractivity contribution is 5.90. The number of aliphatic hydroxyl groups is 2. The maximum Gasteiger partial charge on any atom is 0.314 e. The Morgan fingerprint density at radius 1 is 1.46 bits per heavy atom. The number of ether oxygens (including phenoxy) is 2. The molecule has 1 aromatic heterocycles. The highest BCUT2D eigenvalue weighted by Gasteiger charge is 2.43. The van der Waals surface area contributed by atoms with E-state index in [0.717, 1.165) is 0 Å². The number of hydrogen-bond donors (Lipinski definition) is 2. The van der Waals surface area contributed by atoms with E-state index in [2.05, 4.69) is 10.1 Å². The van der Waals surface area contributed by atoms with Gasteiger partial charge in [0.25, 0.3) is 5.91 Å². The van der Waals surface area contributed by atoms with Gasteiger partial charge >= 0.3 is 6.01 Å². The predicted molar refractivity (Wildman–Crippen MR) is 84.7 cm³/mol. The van der Waals surface area contributed by atoms with Crippen molar-refractivity contribution in [1.82, 2.24) is 19.7 Å². The lowest BCUT2D eigenvalue weighted by Crippen LogP contribution is -2.55. The molecule has 2 N–H and O–H groups in total. The molecule has 0 radical (unpaired) electrons. The first-order valence-electron chi connectivity index (χ1n) is 7.99. The normalized spacial score (nSPS) is 24.2. The molecule has 1 aliphatic heterocycles. The molecule has 1 saturated heterocycles. The number of carbonyl (C=O) groups is 1. The van der Waals surface area contributed by atoms with Gasteiger partial charge in [-0.05, 0) is 19.3 Å². The zero-order valence-corrected chi connectivity index (χ0v) is 14.4. The van der Waals surface area contributed by atoms with E-state index in [0.29, 0.717) is 32.4 Å². The van der Waals surface area contributed by atoms with Crippen molar-refractivity contribution in [3.63, 3.8) is 0 Å². The van der Waals surface area contributed by atoms with Crippen molar-refractivity contribution in [2.45, 2.75) is 25.4 Å². The molecular formula is C15H26N4O5. The number of aryl methyl sites for hydroxylation is 1. The summed E-state index contributed by atoms with van der Waals surface area (Å²) in [5.74, 6) is -0.278. The summed E-state index contributed by atoms with van der Waals surface area (Å²) in [6.45, 7) is 1.00. The number of carbonyl (C=O) groups excluding carboxylic acids is 1. The van der Waals surface area contributed by atoms with Crippen molar-refractivity contribution >= 4 is 5.91 Å². The van der Waals surface area contributed by atoms with Crippen LogP contribution in [-0.4, -0.2) is 82.4 Å². The molecule has 1 aromatic rings. The number of amides is 1. The molecule has 1 fully saturated rings. The first-order valence-corrected chi connectivity index (χ1v) is 7.99. The van der Waals surface area contributed by atoms with E-state index in [1.807, 2.05) is 0 Å². The Morgan fingerprint density at radius 3 is 2.79 bits per heavy atom. The second kappa shape index (κ2) is 7.91. The fourth-order valence-electron chi connectivity index (χ4n) is 3.15. The van der Waals surface area contributed by atoms with E-state index in [-0.39, 0.29) is 30.9 Å². The Labute approximate surface area is 141 Å². The Bertz CT molecular complexity index is 564. The number of methoxy groups -OCH3 is 2. The van der Waals surface area contributed by atoms with Crippen LogP contribution in [-0.2, 0) is 11.8 Å². The molecule has 2 atom stereocenters. The molecule has 9 heteroatoms. The number of nitrogens with zero attached hydrogens (tertiary/aromatic N) is 4. The summed E-state index contributed by atoms with van der Waals surface area (Å²) in [5, 5.41) is 24.3. The summed E-state index contributed by atoms with van der Waals surface area (Å²) >= 11 is 0. The van der Waals surface area contributed by atoms with E-state index in [4.69, 9.17) is 9.47 Å². The SMILES string of the molecule is COCCC[C@@]1(CO)CN(C(=O)c2nc(OC)n(C)n2)CC[C@H]1O. The van der Waals surface area contributed by atoms with Gasteiger partial charge in [0.15, 0.2) is 0 Å². The molecule has 9 nitrogen and oxygen atoms in total. The van der Waals surface area contributed by atoms with Crippen LogP contribution in [0.1, 0.15) is 29.9 Å². The van der Waals surface area contributed by atoms with Crippen molar-refractivity contribution in [2.24, 2.45) is 12.5 Å². The Morgan fingerprint density at radius 2 is 2.21 bits per heavy atom. The van der Waals surface area contributed by atoms with Gasteiger partial charge in [-0.3, -0.25) is 4.79 Å². The lowest BCUT2D eigenvalue weighted by Gasteiger charge is -2.45. The summed E-state index contributed by atoms with van der Waals surface area (Å²) in [6, 6.07) is 0.254. The van der Waals surface area contributed by atoms with Gasteiger partial charge in [0.1, 0.15) is 0 Å². The average Bonchev–Trinajstić information content (AvgIpc) is 2.97. The third-order valence-corrected chi connectivity index (χ3v) is 4.61. The lowest BCUT2D eigenvalue weighted by molar-refractivity contribution is -0.0746. The number of aliphatic hydroxyl groups excluding tert-OH is 2. The van der Waals surface area contributed by atoms with Gasteiger partial charge in [-0.2, -0.15) is 4.98 Å². The second-order valence-corrected chi connectivity index (χ2v) is 6.19. The summed E-state index contributed by atoms with van der Waals surface area (Å²) in [5.41, 5.74) is -0.745. The van der Waals surface area contributed by atoms with Gasteiger partial charge in [-0.1, -0.05) is 0 Å². The number of rotatable bonds is 7. The molecule has 24 heavy (non-hydrogen) atoms. The van der Waals surface area contributed by atoms with E-state index in [1.54, 1.807) is 19.1 Å². The molecule has 1 aliphatic rings. The maximum atomic E-state index is 12.7. The zero-order chi connectivity index (χ0) is 17.7. The fourth-order valence-corrected chi connectivity index (χ4v) is 3.15. The molecule has 2 heterocycles. The van der Waals surface area contributed by atoms with E-state index in [9.17, 15) is 15.0 Å². The van der Waals surface area contributed by atoms with Gasteiger partial charge < -0.3 is 24.6 Å². The first kappa shape index (κ1) is 18.6. The Kier molecular flexibility index (Phi) is 6.14.